The average Bonchev–Trinajstić information content (AvgIpc) is 3.34. The Morgan fingerprint density at radius 1 is 0.412 bits per heavy atom. The van der Waals surface area contributed by atoms with Gasteiger partial charge in [0, 0.05) is 12.8 Å². The van der Waals surface area contributed by atoms with Crippen molar-refractivity contribution in [3.63, 3.8) is 0 Å². The van der Waals surface area contributed by atoms with E-state index >= 15 is 0 Å². The zero-order valence-corrected chi connectivity index (χ0v) is 45.6. The number of carbonyl (C=O) groups excluding carboxylic acids is 2. The molecule has 0 fully saturated rings. The van der Waals surface area contributed by atoms with Crippen molar-refractivity contribution < 1.29 is 24.5 Å². The van der Waals surface area contributed by atoms with Gasteiger partial charge in [0.1, 0.15) is 0 Å². The highest BCUT2D eigenvalue weighted by Gasteiger charge is 2.18. The minimum Gasteiger partial charge on any atom is -0.466 e. The fourth-order valence-electron chi connectivity index (χ4n) is 9.25. The number of ether oxygens (including phenoxy) is 1. The molecule has 2 atom stereocenters. The number of hydrogen-bond donors (Lipinski definition) is 3. The summed E-state index contributed by atoms with van der Waals surface area (Å²) in [6.07, 6.45) is 71.7. The first-order valence-corrected chi connectivity index (χ1v) is 30.3. The third kappa shape index (κ3) is 53.4. The topological polar surface area (TPSA) is 95.9 Å². The second kappa shape index (κ2) is 57.7. The molecule has 68 heavy (non-hydrogen) atoms. The monoisotopic (exact) mass is 956 g/mol. The molecule has 0 saturated carbocycles. The summed E-state index contributed by atoms with van der Waals surface area (Å²) in [7, 11) is 0. The van der Waals surface area contributed by atoms with Crippen molar-refractivity contribution in [2.75, 3.05) is 13.2 Å². The first-order chi connectivity index (χ1) is 33.5. The van der Waals surface area contributed by atoms with Gasteiger partial charge in [0.25, 0.3) is 0 Å². The van der Waals surface area contributed by atoms with Crippen LogP contribution in [0.5, 0.6) is 0 Å². The number of aliphatic hydroxyl groups excluding tert-OH is 2. The third-order valence-corrected chi connectivity index (χ3v) is 13.9. The van der Waals surface area contributed by atoms with Crippen LogP contribution >= 0.6 is 0 Å². The normalized spacial score (nSPS) is 12.8. The van der Waals surface area contributed by atoms with E-state index in [0.717, 1.165) is 51.4 Å². The van der Waals surface area contributed by atoms with Crippen LogP contribution in [-0.2, 0) is 14.3 Å². The summed E-state index contributed by atoms with van der Waals surface area (Å²) < 4.78 is 5.48. The van der Waals surface area contributed by atoms with Crippen LogP contribution in [0.4, 0.5) is 0 Å². The lowest BCUT2D eigenvalue weighted by Crippen LogP contribution is -2.45. The predicted molar refractivity (Wildman–Crippen MR) is 296 cm³/mol. The highest BCUT2D eigenvalue weighted by molar-refractivity contribution is 5.76. The number of nitrogens with one attached hydrogen (secondary N) is 1. The highest BCUT2D eigenvalue weighted by atomic mass is 16.5. The Bertz CT molecular complexity index is 1100. The molecular formula is C62H117NO5. The van der Waals surface area contributed by atoms with E-state index in [1.807, 2.05) is 6.08 Å². The molecule has 6 nitrogen and oxygen atoms in total. The molecule has 0 rings (SSSR count). The van der Waals surface area contributed by atoms with Crippen LogP contribution in [0.1, 0.15) is 322 Å². The Kier molecular flexibility index (Phi) is 56.0. The lowest BCUT2D eigenvalue weighted by atomic mass is 10.0. The van der Waals surface area contributed by atoms with E-state index in [1.165, 1.54) is 244 Å². The highest BCUT2D eigenvalue weighted by Crippen LogP contribution is 2.17. The maximum atomic E-state index is 12.5. The minimum atomic E-state index is -0.847. The van der Waals surface area contributed by atoms with Crippen molar-refractivity contribution in [3.05, 3.63) is 36.5 Å². The Morgan fingerprint density at radius 3 is 1.13 bits per heavy atom. The summed E-state index contributed by atoms with van der Waals surface area (Å²) in [5.74, 6) is -0.0750. The van der Waals surface area contributed by atoms with Gasteiger partial charge in [-0.2, -0.15) is 0 Å². The van der Waals surface area contributed by atoms with Gasteiger partial charge < -0.3 is 20.3 Å². The molecule has 0 aliphatic carbocycles. The molecule has 0 bridgehead atoms. The van der Waals surface area contributed by atoms with Gasteiger partial charge in [0.15, 0.2) is 0 Å². The molecule has 0 radical (unpaired) electrons. The number of amides is 1. The van der Waals surface area contributed by atoms with Gasteiger partial charge in [-0.1, -0.05) is 281 Å². The number of allylic oxidation sites excluding steroid dienone is 5. The van der Waals surface area contributed by atoms with Crippen LogP contribution in [0.2, 0.25) is 0 Å². The van der Waals surface area contributed by atoms with Crippen molar-refractivity contribution in [1.29, 1.82) is 0 Å². The Morgan fingerprint density at radius 2 is 0.735 bits per heavy atom. The van der Waals surface area contributed by atoms with Crippen molar-refractivity contribution in [1.82, 2.24) is 5.32 Å². The van der Waals surface area contributed by atoms with Crippen LogP contribution in [0, 0.1) is 0 Å². The van der Waals surface area contributed by atoms with Crippen molar-refractivity contribution in [2.45, 2.75) is 334 Å². The van der Waals surface area contributed by atoms with E-state index in [1.54, 1.807) is 6.08 Å². The minimum absolute atomic E-state index is 0.00514. The lowest BCUT2D eigenvalue weighted by Gasteiger charge is -2.20. The summed E-state index contributed by atoms with van der Waals surface area (Å²) in [5.41, 5.74) is 0. The van der Waals surface area contributed by atoms with E-state index in [-0.39, 0.29) is 18.5 Å². The molecule has 0 saturated heterocycles. The van der Waals surface area contributed by atoms with Crippen LogP contribution in [0.15, 0.2) is 36.5 Å². The maximum absolute atomic E-state index is 12.5. The Labute approximate surface area is 424 Å². The van der Waals surface area contributed by atoms with Gasteiger partial charge in [-0.25, -0.2) is 0 Å². The number of unbranched alkanes of at least 4 members (excludes halogenated alkanes) is 41. The maximum Gasteiger partial charge on any atom is 0.305 e. The number of hydrogen-bond acceptors (Lipinski definition) is 5. The Hall–Kier alpha value is -1.92. The second-order valence-corrected chi connectivity index (χ2v) is 20.7. The Balaban J connectivity index is 3.43. The molecule has 0 aliphatic rings. The molecular weight excluding hydrogens is 839 g/mol. The van der Waals surface area contributed by atoms with Gasteiger partial charge in [0.05, 0.1) is 25.4 Å². The number of esters is 1. The first-order valence-electron chi connectivity index (χ1n) is 30.3. The third-order valence-electron chi connectivity index (χ3n) is 13.9. The van der Waals surface area contributed by atoms with E-state index in [4.69, 9.17) is 4.74 Å². The number of rotatable bonds is 56. The van der Waals surface area contributed by atoms with Gasteiger partial charge in [-0.3, -0.25) is 9.59 Å². The van der Waals surface area contributed by atoms with E-state index in [2.05, 4.69) is 43.5 Å². The van der Waals surface area contributed by atoms with Crippen LogP contribution in [0.25, 0.3) is 0 Å². The van der Waals surface area contributed by atoms with Gasteiger partial charge in [-0.15, -0.1) is 0 Å². The largest absolute Gasteiger partial charge is 0.466 e. The molecule has 0 aromatic rings. The summed E-state index contributed by atoms with van der Waals surface area (Å²) in [4.78, 5) is 24.5. The second-order valence-electron chi connectivity index (χ2n) is 20.7. The molecule has 0 aromatic heterocycles. The zero-order chi connectivity index (χ0) is 49.3. The quantitative estimate of drug-likeness (QED) is 0.0321. The molecule has 1 amide bonds. The van der Waals surface area contributed by atoms with E-state index in [9.17, 15) is 19.8 Å². The molecule has 0 aromatic carbocycles. The fourth-order valence-corrected chi connectivity index (χ4v) is 9.25. The fraction of sp³-hybridized carbons (Fsp3) is 0.871. The van der Waals surface area contributed by atoms with Crippen molar-refractivity contribution in [2.24, 2.45) is 0 Å². The molecule has 400 valence electrons. The molecule has 6 heteroatoms. The summed E-state index contributed by atoms with van der Waals surface area (Å²) in [5, 5.41) is 23.1. The number of carbonyl (C=O) groups is 2. The summed E-state index contributed by atoms with van der Waals surface area (Å²) in [6.45, 7) is 4.89. The summed E-state index contributed by atoms with van der Waals surface area (Å²) >= 11 is 0. The predicted octanol–water partition coefficient (Wildman–Crippen LogP) is 18.8. The molecule has 0 spiro atoms. The smallest absolute Gasteiger partial charge is 0.305 e. The van der Waals surface area contributed by atoms with Crippen LogP contribution in [-0.4, -0.2) is 47.4 Å². The van der Waals surface area contributed by atoms with Crippen LogP contribution < -0.4 is 5.32 Å². The van der Waals surface area contributed by atoms with Gasteiger partial charge in [0.2, 0.25) is 5.91 Å². The van der Waals surface area contributed by atoms with Gasteiger partial charge >= 0.3 is 5.97 Å². The van der Waals surface area contributed by atoms with Gasteiger partial charge in [-0.05, 0) is 64.2 Å². The molecule has 0 heterocycles. The van der Waals surface area contributed by atoms with Crippen molar-refractivity contribution >= 4 is 11.9 Å². The first kappa shape index (κ1) is 66.1. The molecule has 3 N–H and O–H groups in total. The molecule has 2 unspecified atom stereocenters. The van der Waals surface area contributed by atoms with E-state index < -0.39 is 12.1 Å². The molecule has 0 aliphatic heterocycles. The standard InChI is InChI=1S/C62H117NO5/c1-3-5-7-9-11-13-15-17-19-26-30-34-38-42-46-50-54-60(65)59(58-64)63-61(66)55-51-47-43-39-35-31-27-24-22-21-23-25-29-33-37-41-45-49-53-57-68-62(67)56-52-48-44-40-36-32-28-20-18-16-14-12-10-8-6-4-2/h14,16,20,28,50,54,59-60,64-65H,3-13,15,17-19,21-27,29-49,51-53,55-58H2,1-2H3,(H,63,66)/b16-14-,28-20-,54-50+. The summed E-state index contributed by atoms with van der Waals surface area (Å²) in [6, 6.07) is -0.631. The average molecular weight is 957 g/mol. The van der Waals surface area contributed by atoms with E-state index in [0.29, 0.717) is 19.4 Å². The van der Waals surface area contributed by atoms with Crippen molar-refractivity contribution in [3.8, 4) is 0 Å². The SMILES string of the molecule is CCCCCC/C=C\C/C=C\CCCCCCCC(=O)OCCCCCCCCCCCCCCCCCCCCCC(=O)NC(CO)C(O)/C=C/CCCCCCCCCCCCCCCC. The van der Waals surface area contributed by atoms with Crippen LogP contribution in [0.3, 0.4) is 0 Å². The zero-order valence-electron chi connectivity index (χ0n) is 45.6. The number of aliphatic hydroxyl groups is 2. The lowest BCUT2D eigenvalue weighted by molar-refractivity contribution is -0.143.